The van der Waals surface area contributed by atoms with Crippen LogP contribution in [0, 0.1) is 0 Å². The SMILES string of the molecule is NC1=NCC(c2ccc(Cl)c(Cl)c2)N1c1ccccc1. The standard InChI is InChI=1S/C15H13Cl2N3/c16-12-7-6-10(8-13(12)17)14-9-19-15(18)20(14)11-4-2-1-3-5-11/h1-8,14H,9H2,(H2,18,19). The van der Waals surface area contributed by atoms with E-state index in [4.69, 9.17) is 28.9 Å². The molecule has 0 fully saturated rings. The van der Waals surface area contributed by atoms with Crippen LogP contribution in [-0.2, 0) is 0 Å². The average Bonchev–Trinajstić information content (AvgIpc) is 2.85. The van der Waals surface area contributed by atoms with E-state index in [1.165, 1.54) is 0 Å². The van der Waals surface area contributed by atoms with Crippen molar-refractivity contribution in [3.63, 3.8) is 0 Å². The van der Waals surface area contributed by atoms with Gasteiger partial charge in [0, 0.05) is 5.69 Å². The Morgan fingerprint density at radius 3 is 2.50 bits per heavy atom. The highest BCUT2D eigenvalue weighted by Gasteiger charge is 2.28. The summed E-state index contributed by atoms with van der Waals surface area (Å²) in [5.41, 5.74) is 8.09. The highest BCUT2D eigenvalue weighted by atomic mass is 35.5. The van der Waals surface area contributed by atoms with Gasteiger partial charge in [-0.3, -0.25) is 4.99 Å². The number of nitrogens with two attached hydrogens (primary N) is 1. The van der Waals surface area contributed by atoms with Crippen molar-refractivity contribution in [3.05, 3.63) is 64.1 Å². The minimum Gasteiger partial charge on any atom is -0.369 e. The van der Waals surface area contributed by atoms with Gasteiger partial charge in [-0.2, -0.15) is 0 Å². The van der Waals surface area contributed by atoms with Gasteiger partial charge < -0.3 is 10.6 Å². The first-order chi connectivity index (χ1) is 9.66. The van der Waals surface area contributed by atoms with Crippen molar-refractivity contribution < 1.29 is 0 Å². The van der Waals surface area contributed by atoms with E-state index in [0.717, 1.165) is 11.3 Å². The lowest BCUT2D eigenvalue weighted by molar-refractivity contribution is 0.769. The Balaban J connectivity index is 1.99. The molecule has 2 N–H and O–H groups in total. The summed E-state index contributed by atoms with van der Waals surface area (Å²) in [5, 5.41) is 1.09. The third-order valence-corrected chi connectivity index (χ3v) is 4.09. The van der Waals surface area contributed by atoms with Crippen LogP contribution in [0.4, 0.5) is 5.69 Å². The van der Waals surface area contributed by atoms with E-state index in [1.54, 1.807) is 6.07 Å². The van der Waals surface area contributed by atoms with Crippen LogP contribution in [-0.4, -0.2) is 12.5 Å². The van der Waals surface area contributed by atoms with E-state index in [2.05, 4.69) is 4.99 Å². The summed E-state index contributed by atoms with van der Waals surface area (Å²) in [6, 6.07) is 15.6. The highest BCUT2D eigenvalue weighted by Crippen LogP contribution is 2.33. The normalized spacial score (nSPS) is 18.2. The van der Waals surface area contributed by atoms with Crippen LogP contribution >= 0.6 is 23.2 Å². The largest absolute Gasteiger partial charge is 0.369 e. The molecule has 20 heavy (non-hydrogen) atoms. The Labute approximate surface area is 127 Å². The van der Waals surface area contributed by atoms with Crippen molar-refractivity contribution in [2.45, 2.75) is 6.04 Å². The first kappa shape index (κ1) is 13.3. The van der Waals surface area contributed by atoms with Gasteiger partial charge in [0.25, 0.3) is 0 Å². The number of nitrogens with zero attached hydrogens (tertiary/aromatic N) is 2. The van der Waals surface area contributed by atoms with Crippen LogP contribution in [0.25, 0.3) is 0 Å². The second-order valence-corrected chi connectivity index (χ2v) is 5.41. The van der Waals surface area contributed by atoms with Crippen molar-refractivity contribution >= 4 is 34.8 Å². The van der Waals surface area contributed by atoms with E-state index < -0.39 is 0 Å². The number of rotatable bonds is 2. The maximum absolute atomic E-state index is 6.10. The summed E-state index contributed by atoms with van der Waals surface area (Å²) in [4.78, 5) is 6.36. The smallest absolute Gasteiger partial charge is 0.196 e. The molecule has 1 aliphatic heterocycles. The van der Waals surface area contributed by atoms with E-state index in [9.17, 15) is 0 Å². The summed E-state index contributed by atoms with van der Waals surface area (Å²) >= 11 is 12.1. The number of guanidine groups is 1. The molecule has 102 valence electrons. The molecule has 1 aliphatic rings. The molecule has 3 rings (SSSR count). The molecule has 0 spiro atoms. The monoisotopic (exact) mass is 305 g/mol. The molecule has 0 saturated carbocycles. The van der Waals surface area contributed by atoms with Crippen LogP contribution in [0.5, 0.6) is 0 Å². The van der Waals surface area contributed by atoms with Crippen LogP contribution < -0.4 is 10.6 Å². The number of hydrogen-bond acceptors (Lipinski definition) is 3. The summed E-state index contributed by atoms with van der Waals surface area (Å²) < 4.78 is 0. The van der Waals surface area contributed by atoms with Gasteiger partial charge in [0.15, 0.2) is 5.96 Å². The highest BCUT2D eigenvalue weighted by molar-refractivity contribution is 6.42. The molecule has 1 unspecified atom stereocenters. The van der Waals surface area contributed by atoms with Crippen molar-refractivity contribution in [1.29, 1.82) is 0 Å². The minimum absolute atomic E-state index is 0.0483. The minimum atomic E-state index is 0.0483. The molecule has 2 aromatic rings. The number of para-hydroxylation sites is 1. The second kappa shape index (κ2) is 5.35. The number of aliphatic imine (C=N–C) groups is 1. The van der Waals surface area contributed by atoms with E-state index in [0.29, 0.717) is 22.5 Å². The number of hydrogen-bond donors (Lipinski definition) is 1. The zero-order valence-electron chi connectivity index (χ0n) is 10.6. The van der Waals surface area contributed by atoms with Crippen molar-refractivity contribution in [2.24, 2.45) is 10.7 Å². The molecule has 0 aromatic heterocycles. The van der Waals surface area contributed by atoms with Crippen LogP contribution in [0.15, 0.2) is 53.5 Å². The van der Waals surface area contributed by atoms with Gasteiger partial charge in [0.2, 0.25) is 0 Å². The molecule has 2 aromatic carbocycles. The van der Waals surface area contributed by atoms with Crippen molar-refractivity contribution in [1.82, 2.24) is 0 Å². The van der Waals surface area contributed by atoms with Gasteiger partial charge >= 0.3 is 0 Å². The first-order valence-corrected chi connectivity index (χ1v) is 7.01. The molecule has 0 aliphatic carbocycles. The number of benzene rings is 2. The fourth-order valence-corrected chi connectivity index (χ4v) is 2.68. The first-order valence-electron chi connectivity index (χ1n) is 6.26. The van der Waals surface area contributed by atoms with Gasteiger partial charge in [0.1, 0.15) is 0 Å². The molecular weight excluding hydrogens is 293 g/mol. The van der Waals surface area contributed by atoms with Crippen LogP contribution in [0.2, 0.25) is 10.0 Å². The zero-order valence-corrected chi connectivity index (χ0v) is 12.1. The maximum atomic E-state index is 6.10. The maximum Gasteiger partial charge on any atom is 0.196 e. The van der Waals surface area contributed by atoms with Gasteiger partial charge in [0.05, 0.1) is 22.6 Å². The predicted octanol–water partition coefficient (Wildman–Crippen LogP) is 3.87. The zero-order chi connectivity index (χ0) is 14.1. The topological polar surface area (TPSA) is 41.6 Å². The van der Waals surface area contributed by atoms with Crippen molar-refractivity contribution in [2.75, 3.05) is 11.4 Å². The quantitative estimate of drug-likeness (QED) is 0.915. The molecule has 0 amide bonds. The molecule has 0 bridgehead atoms. The summed E-state index contributed by atoms with van der Waals surface area (Å²) in [7, 11) is 0. The molecule has 3 nitrogen and oxygen atoms in total. The van der Waals surface area contributed by atoms with E-state index in [1.807, 2.05) is 47.4 Å². The fraction of sp³-hybridized carbons (Fsp3) is 0.133. The molecule has 1 atom stereocenters. The Hall–Kier alpha value is -1.71. The summed E-state index contributed by atoms with van der Waals surface area (Å²) in [6.45, 7) is 0.610. The predicted molar refractivity (Wildman–Crippen MR) is 84.6 cm³/mol. The number of anilines is 1. The Kier molecular flexibility index (Phi) is 3.55. The lowest BCUT2D eigenvalue weighted by Crippen LogP contribution is -2.36. The van der Waals surface area contributed by atoms with Crippen molar-refractivity contribution in [3.8, 4) is 0 Å². The van der Waals surface area contributed by atoms with Gasteiger partial charge in [-0.15, -0.1) is 0 Å². The van der Waals surface area contributed by atoms with Crippen LogP contribution in [0.3, 0.4) is 0 Å². The lowest BCUT2D eigenvalue weighted by atomic mass is 10.1. The van der Waals surface area contributed by atoms with Crippen LogP contribution in [0.1, 0.15) is 11.6 Å². The molecule has 5 heteroatoms. The summed E-state index contributed by atoms with van der Waals surface area (Å²) in [6.07, 6.45) is 0. The third kappa shape index (κ3) is 2.35. The van der Waals surface area contributed by atoms with E-state index >= 15 is 0 Å². The fourth-order valence-electron chi connectivity index (χ4n) is 2.37. The van der Waals surface area contributed by atoms with E-state index in [-0.39, 0.29) is 6.04 Å². The Morgan fingerprint density at radius 2 is 1.80 bits per heavy atom. The molecular formula is C15H13Cl2N3. The second-order valence-electron chi connectivity index (χ2n) is 4.59. The van der Waals surface area contributed by atoms with Gasteiger partial charge in [-0.1, -0.05) is 47.5 Å². The lowest BCUT2D eigenvalue weighted by Gasteiger charge is -2.26. The molecule has 0 saturated heterocycles. The number of halogens is 2. The Morgan fingerprint density at radius 1 is 1.05 bits per heavy atom. The molecule has 0 radical (unpaired) electrons. The average molecular weight is 306 g/mol. The Bertz CT molecular complexity index is 655. The van der Waals surface area contributed by atoms with Gasteiger partial charge in [-0.05, 0) is 29.8 Å². The molecule has 1 heterocycles. The van der Waals surface area contributed by atoms with Gasteiger partial charge in [-0.25, -0.2) is 0 Å². The summed E-state index contributed by atoms with van der Waals surface area (Å²) in [5.74, 6) is 0.521. The third-order valence-electron chi connectivity index (χ3n) is 3.35.